The van der Waals surface area contributed by atoms with Crippen molar-refractivity contribution in [1.29, 1.82) is 0 Å². The predicted octanol–water partition coefficient (Wildman–Crippen LogP) is 1.64. The van der Waals surface area contributed by atoms with E-state index in [0.29, 0.717) is 17.2 Å². The number of sulfonamides is 1. The second-order valence-electron chi connectivity index (χ2n) is 4.17. The third kappa shape index (κ3) is 3.41. The van der Waals surface area contributed by atoms with Gasteiger partial charge in [0, 0.05) is 12.1 Å². The van der Waals surface area contributed by atoms with E-state index in [1.807, 2.05) is 0 Å². The topological polar surface area (TPSA) is 102 Å². The first-order chi connectivity index (χ1) is 9.39. The number of aryl methyl sites for hydroxylation is 1. The molecule has 2 N–H and O–H groups in total. The molecule has 0 aliphatic rings. The normalized spacial score (nSPS) is 11.3. The van der Waals surface area contributed by atoms with Gasteiger partial charge in [0.25, 0.3) is 0 Å². The van der Waals surface area contributed by atoms with Gasteiger partial charge in [0.2, 0.25) is 10.0 Å². The van der Waals surface area contributed by atoms with Crippen LogP contribution in [0.15, 0.2) is 28.8 Å². The lowest BCUT2D eigenvalue weighted by atomic mass is 10.3. The quantitative estimate of drug-likeness (QED) is 0.814. The van der Waals surface area contributed by atoms with E-state index in [1.165, 1.54) is 31.4 Å². The first-order valence-electron chi connectivity index (χ1n) is 5.69. The molecular formula is C12H14N2O5S. The molecule has 0 saturated carbocycles. The van der Waals surface area contributed by atoms with Crippen molar-refractivity contribution in [3.63, 3.8) is 0 Å². The summed E-state index contributed by atoms with van der Waals surface area (Å²) in [6, 6.07) is 5.81. The summed E-state index contributed by atoms with van der Waals surface area (Å²) in [6.07, 6.45) is 0. The molecule has 0 fully saturated rings. The summed E-state index contributed by atoms with van der Waals surface area (Å²) in [6.45, 7) is 1.67. The molecular weight excluding hydrogens is 284 g/mol. The molecule has 1 heterocycles. The number of hydrogen-bond donors (Lipinski definition) is 2. The highest BCUT2D eigenvalue weighted by Crippen LogP contribution is 2.29. The van der Waals surface area contributed by atoms with Crippen LogP contribution in [-0.2, 0) is 15.8 Å². The van der Waals surface area contributed by atoms with Crippen LogP contribution in [0.25, 0.3) is 0 Å². The molecule has 0 spiro atoms. The zero-order valence-corrected chi connectivity index (χ0v) is 11.8. The highest BCUT2D eigenvalue weighted by molar-refractivity contribution is 7.91. The van der Waals surface area contributed by atoms with Gasteiger partial charge in [-0.15, -0.1) is 0 Å². The fourth-order valence-corrected chi connectivity index (χ4v) is 2.71. The summed E-state index contributed by atoms with van der Waals surface area (Å²) >= 11 is 0. The molecule has 0 aliphatic heterocycles. The van der Waals surface area contributed by atoms with Gasteiger partial charge < -0.3 is 14.4 Å². The van der Waals surface area contributed by atoms with Gasteiger partial charge in [-0.3, -0.25) is 4.72 Å². The van der Waals surface area contributed by atoms with E-state index >= 15 is 0 Å². The fraction of sp³-hybridized carbons (Fsp3) is 0.250. The van der Waals surface area contributed by atoms with Crippen molar-refractivity contribution in [3.8, 4) is 11.5 Å². The molecule has 2 aromatic rings. The molecule has 8 heteroatoms. The van der Waals surface area contributed by atoms with Crippen LogP contribution in [-0.4, -0.2) is 25.8 Å². The number of anilines is 1. The van der Waals surface area contributed by atoms with Gasteiger partial charge in [-0.25, -0.2) is 8.42 Å². The SMILES string of the molecule is COc1ccc(NS(=O)(=O)Cc2cc(C)on2)c(O)c1. The average molecular weight is 298 g/mol. The zero-order valence-electron chi connectivity index (χ0n) is 11.0. The Morgan fingerprint density at radius 2 is 2.15 bits per heavy atom. The van der Waals surface area contributed by atoms with E-state index in [0.717, 1.165) is 0 Å². The van der Waals surface area contributed by atoms with E-state index in [2.05, 4.69) is 9.88 Å². The van der Waals surface area contributed by atoms with Crippen LogP contribution >= 0.6 is 0 Å². The molecule has 0 atom stereocenters. The summed E-state index contributed by atoms with van der Waals surface area (Å²) in [5.41, 5.74) is 0.369. The summed E-state index contributed by atoms with van der Waals surface area (Å²) < 4.78 is 35.9. The Morgan fingerprint density at radius 3 is 2.70 bits per heavy atom. The van der Waals surface area contributed by atoms with Crippen molar-refractivity contribution in [1.82, 2.24) is 5.16 Å². The maximum atomic E-state index is 12.0. The van der Waals surface area contributed by atoms with Crippen molar-refractivity contribution in [2.24, 2.45) is 0 Å². The highest BCUT2D eigenvalue weighted by atomic mass is 32.2. The standard InChI is InChI=1S/C12H14N2O5S/c1-8-5-9(13-19-8)7-20(16,17)14-11-4-3-10(18-2)6-12(11)15/h3-6,14-15H,7H2,1-2H3. The van der Waals surface area contributed by atoms with Crippen LogP contribution in [0, 0.1) is 6.92 Å². The number of benzene rings is 1. The number of hydrogen-bond acceptors (Lipinski definition) is 6. The van der Waals surface area contributed by atoms with E-state index in [-0.39, 0.29) is 17.2 Å². The summed E-state index contributed by atoms with van der Waals surface area (Å²) in [5, 5.41) is 13.3. The third-order valence-electron chi connectivity index (χ3n) is 2.49. The molecule has 20 heavy (non-hydrogen) atoms. The van der Waals surface area contributed by atoms with E-state index in [9.17, 15) is 13.5 Å². The Balaban J connectivity index is 2.16. The molecule has 0 amide bonds. The molecule has 0 radical (unpaired) electrons. The van der Waals surface area contributed by atoms with Crippen molar-refractivity contribution < 1.29 is 22.8 Å². The molecule has 0 bridgehead atoms. The Kier molecular flexibility index (Phi) is 3.84. The van der Waals surface area contributed by atoms with Gasteiger partial charge in [0.1, 0.15) is 28.7 Å². The Morgan fingerprint density at radius 1 is 1.40 bits per heavy atom. The average Bonchev–Trinajstić information content (AvgIpc) is 2.76. The van der Waals surface area contributed by atoms with Gasteiger partial charge in [-0.2, -0.15) is 0 Å². The maximum Gasteiger partial charge on any atom is 0.238 e. The van der Waals surface area contributed by atoms with Crippen LogP contribution in [0.1, 0.15) is 11.5 Å². The molecule has 0 aliphatic carbocycles. The third-order valence-corrected chi connectivity index (χ3v) is 3.69. The number of nitrogens with zero attached hydrogens (tertiary/aromatic N) is 1. The Bertz CT molecular complexity index is 708. The zero-order chi connectivity index (χ0) is 14.8. The fourth-order valence-electron chi connectivity index (χ4n) is 1.61. The number of phenolic OH excluding ortho intramolecular Hbond substituents is 1. The number of aromatic nitrogens is 1. The van der Waals surface area contributed by atoms with Gasteiger partial charge in [0.15, 0.2) is 0 Å². The van der Waals surface area contributed by atoms with Crippen molar-refractivity contribution in [2.45, 2.75) is 12.7 Å². The minimum Gasteiger partial charge on any atom is -0.506 e. The number of rotatable bonds is 5. The molecule has 1 aromatic carbocycles. The Labute approximate surface area is 116 Å². The summed E-state index contributed by atoms with van der Waals surface area (Å²) in [5.74, 6) is 0.403. The summed E-state index contributed by atoms with van der Waals surface area (Å²) in [7, 11) is -2.24. The van der Waals surface area contributed by atoms with E-state index < -0.39 is 10.0 Å². The van der Waals surface area contributed by atoms with Crippen LogP contribution in [0.2, 0.25) is 0 Å². The lowest BCUT2D eigenvalue weighted by Crippen LogP contribution is -2.15. The van der Waals surface area contributed by atoms with Crippen LogP contribution < -0.4 is 9.46 Å². The van der Waals surface area contributed by atoms with Gasteiger partial charge in [0.05, 0.1) is 12.8 Å². The first kappa shape index (κ1) is 14.2. The number of methoxy groups -OCH3 is 1. The minimum atomic E-state index is -3.69. The molecule has 108 valence electrons. The molecule has 7 nitrogen and oxygen atoms in total. The maximum absolute atomic E-state index is 12.0. The van der Waals surface area contributed by atoms with Crippen molar-refractivity contribution in [2.75, 3.05) is 11.8 Å². The molecule has 2 rings (SSSR count). The molecule has 0 saturated heterocycles. The molecule has 0 unspecified atom stereocenters. The molecule has 1 aromatic heterocycles. The number of phenols is 1. The van der Waals surface area contributed by atoms with Crippen LogP contribution in [0.3, 0.4) is 0 Å². The second kappa shape index (κ2) is 5.41. The van der Waals surface area contributed by atoms with Crippen LogP contribution in [0.4, 0.5) is 5.69 Å². The lowest BCUT2D eigenvalue weighted by Gasteiger charge is -2.09. The first-order valence-corrected chi connectivity index (χ1v) is 7.34. The smallest absolute Gasteiger partial charge is 0.238 e. The van der Waals surface area contributed by atoms with Crippen molar-refractivity contribution >= 4 is 15.7 Å². The monoisotopic (exact) mass is 298 g/mol. The second-order valence-corrected chi connectivity index (χ2v) is 5.90. The number of aromatic hydroxyl groups is 1. The highest BCUT2D eigenvalue weighted by Gasteiger charge is 2.16. The number of ether oxygens (including phenoxy) is 1. The Hall–Kier alpha value is -2.22. The van der Waals surface area contributed by atoms with E-state index in [1.54, 1.807) is 6.92 Å². The minimum absolute atomic E-state index is 0.0750. The lowest BCUT2D eigenvalue weighted by molar-refractivity contribution is 0.392. The van der Waals surface area contributed by atoms with Crippen LogP contribution in [0.5, 0.6) is 11.5 Å². The predicted molar refractivity (Wildman–Crippen MR) is 72.1 cm³/mol. The summed E-state index contributed by atoms with van der Waals surface area (Å²) in [4.78, 5) is 0. The van der Waals surface area contributed by atoms with Gasteiger partial charge >= 0.3 is 0 Å². The largest absolute Gasteiger partial charge is 0.506 e. The van der Waals surface area contributed by atoms with E-state index in [4.69, 9.17) is 9.26 Å². The van der Waals surface area contributed by atoms with Gasteiger partial charge in [-0.05, 0) is 19.1 Å². The van der Waals surface area contributed by atoms with Gasteiger partial charge in [-0.1, -0.05) is 5.16 Å². The number of nitrogens with one attached hydrogen (secondary N) is 1. The van der Waals surface area contributed by atoms with Crippen molar-refractivity contribution in [3.05, 3.63) is 35.7 Å².